The molecule has 1 amide bonds. The van der Waals surface area contributed by atoms with E-state index in [1.165, 1.54) is 31.4 Å². The van der Waals surface area contributed by atoms with Gasteiger partial charge in [-0.2, -0.15) is 0 Å². The predicted octanol–water partition coefficient (Wildman–Crippen LogP) is 4.95. The molecule has 2 N–H and O–H groups in total. The van der Waals surface area contributed by atoms with Crippen LogP contribution in [0, 0.1) is 11.7 Å². The Kier molecular flexibility index (Phi) is 7.10. The van der Waals surface area contributed by atoms with E-state index in [1.54, 1.807) is 50.2 Å². The fourth-order valence-corrected chi connectivity index (χ4v) is 3.01. The second kappa shape index (κ2) is 9.96. The van der Waals surface area contributed by atoms with Crippen molar-refractivity contribution in [2.45, 2.75) is 20.3 Å². The van der Waals surface area contributed by atoms with Crippen LogP contribution in [0.1, 0.15) is 19.4 Å². The van der Waals surface area contributed by atoms with E-state index in [0.717, 1.165) is 0 Å². The van der Waals surface area contributed by atoms with Gasteiger partial charge in [-0.05, 0) is 53.6 Å². The minimum Gasteiger partial charge on any atom is -0.504 e. The number of rotatable bonds is 7. The average molecular weight is 437 g/mol. The van der Waals surface area contributed by atoms with Crippen molar-refractivity contribution in [1.29, 1.82) is 0 Å². The van der Waals surface area contributed by atoms with E-state index < -0.39 is 5.82 Å². The third-order valence-corrected chi connectivity index (χ3v) is 4.69. The highest BCUT2D eigenvalue weighted by Crippen LogP contribution is 2.30. The lowest BCUT2D eigenvalue weighted by Crippen LogP contribution is -2.15. The molecular weight excluding hydrogens is 413 g/mol. The molecule has 7 heteroatoms. The zero-order valence-electron chi connectivity index (χ0n) is 18.0. The molecule has 3 rings (SSSR count). The third-order valence-electron chi connectivity index (χ3n) is 4.69. The number of anilines is 1. The van der Waals surface area contributed by atoms with Crippen LogP contribution in [0.4, 0.5) is 10.1 Å². The lowest BCUT2D eigenvalue weighted by molar-refractivity contribution is -0.137. The molecule has 0 aromatic heterocycles. The van der Waals surface area contributed by atoms with E-state index >= 15 is 0 Å². The quantitative estimate of drug-likeness (QED) is 0.404. The van der Waals surface area contributed by atoms with Gasteiger partial charge in [0.15, 0.2) is 11.5 Å². The van der Waals surface area contributed by atoms with Crippen LogP contribution in [-0.2, 0) is 16.0 Å². The summed E-state index contributed by atoms with van der Waals surface area (Å²) in [6.45, 7) is 3.46. The highest BCUT2D eigenvalue weighted by Gasteiger charge is 2.13. The van der Waals surface area contributed by atoms with Crippen molar-refractivity contribution in [2.24, 2.45) is 5.92 Å². The number of hydrogen-bond acceptors (Lipinski definition) is 5. The molecule has 0 atom stereocenters. The largest absolute Gasteiger partial charge is 0.504 e. The van der Waals surface area contributed by atoms with Crippen molar-refractivity contribution in [3.8, 4) is 28.4 Å². The standard InChI is InChI=1S/C25H24FNO5/c1-15(2)25(30)32-19-6-4-5-17(13-19)20-14-18(8-9-21(20)26)27-24(29)12-16-7-10-22(28)23(11-16)31-3/h4-11,13-15,28H,12H2,1-3H3,(H,27,29). The Morgan fingerprint density at radius 2 is 1.84 bits per heavy atom. The summed E-state index contributed by atoms with van der Waals surface area (Å²) in [5, 5.41) is 12.4. The van der Waals surface area contributed by atoms with Gasteiger partial charge in [0.05, 0.1) is 19.4 Å². The van der Waals surface area contributed by atoms with Crippen LogP contribution in [0.2, 0.25) is 0 Å². The average Bonchev–Trinajstić information content (AvgIpc) is 2.76. The molecule has 0 bridgehead atoms. The first-order valence-corrected chi connectivity index (χ1v) is 10.0. The van der Waals surface area contributed by atoms with Gasteiger partial charge in [-0.1, -0.05) is 32.0 Å². The molecule has 0 aliphatic heterocycles. The van der Waals surface area contributed by atoms with Crippen LogP contribution < -0.4 is 14.8 Å². The van der Waals surface area contributed by atoms with Gasteiger partial charge in [0.2, 0.25) is 5.91 Å². The molecule has 3 aromatic carbocycles. The number of aromatic hydroxyl groups is 1. The molecule has 6 nitrogen and oxygen atoms in total. The summed E-state index contributed by atoms with van der Waals surface area (Å²) in [7, 11) is 1.43. The van der Waals surface area contributed by atoms with Crippen LogP contribution >= 0.6 is 0 Å². The SMILES string of the molecule is COc1cc(CC(=O)Nc2ccc(F)c(-c3cccc(OC(=O)C(C)C)c3)c2)ccc1O. The molecule has 0 unspecified atom stereocenters. The van der Waals surface area contributed by atoms with Gasteiger partial charge in [0.1, 0.15) is 11.6 Å². The molecule has 0 radical (unpaired) electrons. The van der Waals surface area contributed by atoms with Crippen molar-refractivity contribution in [2.75, 3.05) is 12.4 Å². The molecule has 0 saturated carbocycles. The Morgan fingerprint density at radius 1 is 1.06 bits per heavy atom. The summed E-state index contributed by atoms with van der Waals surface area (Å²) >= 11 is 0. The number of nitrogens with one attached hydrogen (secondary N) is 1. The fourth-order valence-electron chi connectivity index (χ4n) is 3.01. The number of methoxy groups -OCH3 is 1. The monoisotopic (exact) mass is 437 g/mol. The van der Waals surface area contributed by atoms with Gasteiger partial charge in [-0.15, -0.1) is 0 Å². The zero-order chi connectivity index (χ0) is 23.3. The number of amides is 1. The number of phenols is 1. The van der Waals surface area contributed by atoms with Crippen LogP contribution in [0.25, 0.3) is 11.1 Å². The molecule has 0 spiro atoms. The van der Waals surface area contributed by atoms with Crippen LogP contribution in [0.5, 0.6) is 17.2 Å². The molecule has 3 aromatic rings. The van der Waals surface area contributed by atoms with Crippen LogP contribution in [-0.4, -0.2) is 24.1 Å². The minimum atomic E-state index is -0.474. The smallest absolute Gasteiger partial charge is 0.313 e. The topological polar surface area (TPSA) is 84.9 Å². The maximum atomic E-state index is 14.5. The molecule has 0 aliphatic rings. The van der Waals surface area contributed by atoms with Gasteiger partial charge in [0.25, 0.3) is 0 Å². The number of benzene rings is 3. The number of carbonyl (C=O) groups excluding carboxylic acids is 2. The van der Waals surface area contributed by atoms with Gasteiger partial charge in [-0.25, -0.2) is 4.39 Å². The first-order valence-electron chi connectivity index (χ1n) is 10.0. The lowest BCUT2D eigenvalue weighted by Gasteiger charge is -2.11. The number of hydrogen-bond donors (Lipinski definition) is 2. The Hall–Kier alpha value is -3.87. The number of phenolic OH excluding ortho intramolecular Hbond substituents is 1. The van der Waals surface area contributed by atoms with E-state index in [4.69, 9.17) is 9.47 Å². The maximum absolute atomic E-state index is 14.5. The molecule has 0 fully saturated rings. The molecular formula is C25H24FNO5. The van der Waals surface area contributed by atoms with Crippen LogP contribution in [0.3, 0.4) is 0 Å². The summed E-state index contributed by atoms with van der Waals surface area (Å²) in [4.78, 5) is 24.3. The molecule has 0 heterocycles. The van der Waals surface area contributed by atoms with Gasteiger partial charge < -0.3 is 19.9 Å². The van der Waals surface area contributed by atoms with Crippen LogP contribution in [0.15, 0.2) is 60.7 Å². The van der Waals surface area contributed by atoms with E-state index in [2.05, 4.69) is 5.32 Å². The summed E-state index contributed by atoms with van der Waals surface area (Å²) in [6.07, 6.45) is 0.0456. The molecule has 166 valence electrons. The Labute approximate surface area is 185 Å². The minimum absolute atomic E-state index is 0.0128. The van der Waals surface area contributed by atoms with Crippen molar-refractivity contribution in [3.63, 3.8) is 0 Å². The Bertz CT molecular complexity index is 1140. The normalized spacial score (nSPS) is 10.7. The van der Waals surface area contributed by atoms with E-state index in [-0.39, 0.29) is 41.3 Å². The Morgan fingerprint density at radius 3 is 2.56 bits per heavy atom. The number of carbonyl (C=O) groups is 2. The van der Waals surface area contributed by atoms with Gasteiger partial charge in [-0.3, -0.25) is 9.59 Å². The summed E-state index contributed by atoms with van der Waals surface area (Å²) in [5.74, 6) is -0.875. The summed E-state index contributed by atoms with van der Waals surface area (Å²) in [5.41, 5.74) is 1.84. The predicted molar refractivity (Wildman–Crippen MR) is 119 cm³/mol. The number of esters is 1. The first-order chi connectivity index (χ1) is 15.3. The first kappa shape index (κ1) is 22.8. The summed E-state index contributed by atoms with van der Waals surface area (Å²) in [6, 6.07) is 15.5. The summed E-state index contributed by atoms with van der Waals surface area (Å²) < 4.78 is 24.9. The Balaban J connectivity index is 1.77. The second-order valence-electron chi connectivity index (χ2n) is 7.53. The van der Waals surface area contributed by atoms with E-state index in [9.17, 15) is 19.1 Å². The van der Waals surface area contributed by atoms with E-state index in [1.807, 2.05) is 0 Å². The van der Waals surface area contributed by atoms with Crippen molar-refractivity contribution >= 4 is 17.6 Å². The van der Waals surface area contributed by atoms with Crippen molar-refractivity contribution in [1.82, 2.24) is 0 Å². The zero-order valence-corrected chi connectivity index (χ0v) is 18.0. The number of ether oxygens (including phenoxy) is 2. The highest BCUT2D eigenvalue weighted by atomic mass is 19.1. The maximum Gasteiger partial charge on any atom is 0.313 e. The third kappa shape index (κ3) is 5.63. The fraction of sp³-hybridized carbons (Fsp3) is 0.200. The van der Waals surface area contributed by atoms with Crippen molar-refractivity contribution < 1.29 is 28.6 Å². The molecule has 0 saturated heterocycles. The van der Waals surface area contributed by atoms with Crippen molar-refractivity contribution in [3.05, 3.63) is 72.0 Å². The highest BCUT2D eigenvalue weighted by molar-refractivity contribution is 5.93. The molecule has 0 aliphatic carbocycles. The van der Waals surface area contributed by atoms with Gasteiger partial charge in [0, 0.05) is 11.3 Å². The number of halogens is 1. The molecule has 32 heavy (non-hydrogen) atoms. The van der Waals surface area contributed by atoms with Gasteiger partial charge >= 0.3 is 5.97 Å². The van der Waals surface area contributed by atoms with E-state index in [0.29, 0.717) is 22.6 Å². The lowest BCUT2D eigenvalue weighted by atomic mass is 10.0. The second-order valence-corrected chi connectivity index (χ2v) is 7.53.